The SMILES string of the molecule is C#CCNS(=O)(=O)c1cccc(C(=O)NCCc2ccc(-c3csc(C)n3)cc2)c1. The lowest BCUT2D eigenvalue weighted by Gasteiger charge is -2.08. The summed E-state index contributed by atoms with van der Waals surface area (Å²) in [7, 11) is -3.74. The van der Waals surface area contributed by atoms with Crippen LogP contribution >= 0.6 is 11.3 Å². The first-order valence-corrected chi connectivity index (χ1v) is 11.6. The molecule has 3 rings (SSSR count). The highest BCUT2D eigenvalue weighted by Crippen LogP contribution is 2.21. The van der Waals surface area contributed by atoms with Crippen LogP contribution in [0.15, 0.2) is 58.8 Å². The molecule has 6 nitrogen and oxygen atoms in total. The maximum absolute atomic E-state index is 12.4. The van der Waals surface area contributed by atoms with Crippen LogP contribution in [0.3, 0.4) is 0 Å². The van der Waals surface area contributed by atoms with Gasteiger partial charge < -0.3 is 5.32 Å². The summed E-state index contributed by atoms with van der Waals surface area (Å²) >= 11 is 1.62. The number of thiazole rings is 1. The number of carbonyl (C=O) groups is 1. The van der Waals surface area contributed by atoms with Crippen molar-refractivity contribution in [1.29, 1.82) is 0 Å². The van der Waals surface area contributed by atoms with Gasteiger partial charge in [-0.15, -0.1) is 17.8 Å². The summed E-state index contributed by atoms with van der Waals surface area (Å²) < 4.78 is 26.6. The van der Waals surface area contributed by atoms with Crippen molar-refractivity contribution in [3.8, 4) is 23.6 Å². The van der Waals surface area contributed by atoms with E-state index in [9.17, 15) is 13.2 Å². The van der Waals surface area contributed by atoms with Crippen molar-refractivity contribution in [2.75, 3.05) is 13.1 Å². The van der Waals surface area contributed by atoms with Crippen molar-refractivity contribution in [1.82, 2.24) is 15.0 Å². The molecule has 30 heavy (non-hydrogen) atoms. The Balaban J connectivity index is 1.57. The van der Waals surface area contributed by atoms with Crippen LogP contribution in [0.4, 0.5) is 0 Å². The summed E-state index contributed by atoms with van der Waals surface area (Å²) in [5, 5.41) is 5.88. The Bertz CT molecular complexity index is 1180. The number of benzene rings is 2. The third-order valence-corrected chi connectivity index (χ3v) is 6.51. The molecule has 0 saturated carbocycles. The van der Waals surface area contributed by atoms with Crippen LogP contribution in [0.5, 0.6) is 0 Å². The second-order valence-corrected chi connectivity index (χ2v) is 9.34. The van der Waals surface area contributed by atoms with Crippen molar-refractivity contribution in [3.05, 3.63) is 70.0 Å². The van der Waals surface area contributed by atoms with Crippen LogP contribution in [0.1, 0.15) is 20.9 Å². The van der Waals surface area contributed by atoms with Crippen LogP contribution in [-0.2, 0) is 16.4 Å². The van der Waals surface area contributed by atoms with E-state index in [1.165, 1.54) is 18.2 Å². The number of aryl methyl sites for hydroxylation is 1. The van der Waals surface area contributed by atoms with Gasteiger partial charge in [-0.1, -0.05) is 36.3 Å². The van der Waals surface area contributed by atoms with Crippen LogP contribution < -0.4 is 10.0 Å². The molecular weight excluding hydrogens is 418 g/mol. The van der Waals surface area contributed by atoms with E-state index in [4.69, 9.17) is 6.42 Å². The number of terminal acetylenes is 1. The van der Waals surface area contributed by atoms with Gasteiger partial charge in [0.1, 0.15) is 0 Å². The first-order valence-electron chi connectivity index (χ1n) is 9.22. The van der Waals surface area contributed by atoms with E-state index in [1.54, 1.807) is 17.4 Å². The molecule has 0 radical (unpaired) electrons. The highest BCUT2D eigenvalue weighted by atomic mass is 32.2. The van der Waals surface area contributed by atoms with E-state index in [1.807, 2.05) is 36.6 Å². The smallest absolute Gasteiger partial charge is 0.251 e. The van der Waals surface area contributed by atoms with E-state index >= 15 is 0 Å². The first-order chi connectivity index (χ1) is 14.4. The van der Waals surface area contributed by atoms with Gasteiger partial charge in [0.2, 0.25) is 10.0 Å². The lowest BCUT2D eigenvalue weighted by atomic mass is 10.1. The Hall–Kier alpha value is -2.99. The van der Waals surface area contributed by atoms with Gasteiger partial charge in [-0.2, -0.15) is 4.72 Å². The molecule has 0 aliphatic rings. The van der Waals surface area contributed by atoms with Crippen molar-refractivity contribution in [2.24, 2.45) is 0 Å². The molecule has 0 spiro atoms. The summed E-state index contributed by atoms with van der Waals surface area (Å²) in [5.74, 6) is 1.88. The molecule has 1 aromatic heterocycles. The predicted molar refractivity (Wildman–Crippen MR) is 119 cm³/mol. The molecule has 1 heterocycles. The van der Waals surface area contributed by atoms with E-state index < -0.39 is 10.0 Å². The minimum atomic E-state index is -3.74. The molecule has 2 aromatic carbocycles. The molecule has 0 atom stereocenters. The van der Waals surface area contributed by atoms with Gasteiger partial charge in [0.05, 0.1) is 22.1 Å². The molecular formula is C22H21N3O3S2. The van der Waals surface area contributed by atoms with Gasteiger partial charge in [-0.05, 0) is 37.1 Å². The zero-order chi connectivity index (χ0) is 21.6. The number of carbonyl (C=O) groups excluding carboxylic acids is 1. The zero-order valence-corrected chi connectivity index (χ0v) is 18.0. The fourth-order valence-corrected chi connectivity index (χ4v) is 4.39. The molecule has 0 aliphatic carbocycles. The van der Waals surface area contributed by atoms with Crippen molar-refractivity contribution in [3.63, 3.8) is 0 Å². The molecule has 0 aliphatic heterocycles. The fourth-order valence-electron chi connectivity index (χ4n) is 2.79. The molecule has 0 fully saturated rings. The molecule has 154 valence electrons. The average molecular weight is 440 g/mol. The topological polar surface area (TPSA) is 88.2 Å². The average Bonchev–Trinajstić information content (AvgIpc) is 3.19. The normalized spacial score (nSPS) is 11.1. The highest BCUT2D eigenvalue weighted by molar-refractivity contribution is 7.89. The number of hydrogen-bond acceptors (Lipinski definition) is 5. The number of nitrogens with one attached hydrogen (secondary N) is 2. The number of hydrogen-bond donors (Lipinski definition) is 2. The second-order valence-electron chi connectivity index (χ2n) is 6.51. The van der Waals surface area contributed by atoms with Crippen molar-refractivity contribution in [2.45, 2.75) is 18.2 Å². The Morgan fingerprint density at radius 2 is 1.97 bits per heavy atom. The zero-order valence-electron chi connectivity index (χ0n) is 16.4. The van der Waals surface area contributed by atoms with Gasteiger partial charge in [-0.3, -0.25) is 4.79 Å². The van der Waals surface area contributed by atoms with Gasteiger partial charge in [0.25, 0.3) is 5.91 Å². The number of amides is 1. The second kappa shape index (κ2) is 9.67. The maximum atomic E-state index is 12.4. The van der Waals surface area contributed by atoms with Gasteiger partial charge in [-0.25, -0.2) is 13.4 Å². The summed E-state index contributed by atoms with van der Waals surface area (Å²) in [4.78, 5) is 16.9. The minimum Gasteiger partial charge on any atom is -0.352 e. The molecule has 0 unspecified atom stereocenters. The Kier molecular flexibility index (Phi) is 7.00. The fraction of sp³-hybridized carbons (Fsp3) is 0.182. The Morgan fingerprint density at radius 1 is 1.20 bits per heavy atom. The van der Waals surface area contributed by atoms with E-state index in [2.05, 4.69) is 20.9 Å². The highest BCUT2D eigenvalue weighted by Gasteiger charge is 2.15. The number of aromatic nitrogens is 1. The number of nitrogens with zero attached hydrogens (tertiary/aromatic N) is 1. The predicted octanol–water partition coefficient (Wildman–Crippen LogP) is 3.00. The third kappa shape index (κ3) is 5.54. The third-order valence-electron chi connectivity index (χ3n) is 4.34. The van der Waals surface area contributed by atoms with Crippen LogP contribution in [-0.4, -0.2) is 32.4 Å². The van der Waals surface area contributed by atoms with Crippen molar-refractivity contribution >= 4 is 27.3 Å². The molecule has 0 saturated heterocycles. The largest absolute Gasteiger partial charge is 0.352 e. The summed E-state index contributed by atoms with van der Waals surface area (Å²) in [6.45, 7) is 2.30. The maximum Gasteiger partial charge on any atom is 0.251 e. The lowest BCUT2D eigenvalue weighted by molar-refractivity contribution is 0.0954. The summed E-state index contributed by atoms with van der Waals surface area (Å²) in [5.41, 5.74) is 3.38. The summed E-state index contributed by atoms with van der Waals surface area (Å²) in [6, 6.07) is 13.9. The quantitative estimate of drug-likeness (QED) is 0.528. The molecule has 3 aromatic rings. The molecule has 0 bridgehead atoms. The Morgan fingerprint density at radius 3 is 2.63 bits per heavy atom. The standard InChI is InChI=1S/C22H21N3O3S2/c1-3-12-24-30(27,28)20-6-4-5-19(14-20)22(26)23-13-11-17-7-9-18(10-8-17)21-15-29-16(2)25-21/h1,4-10,14-15,24H,11-13H2,2H3,(H,23,26). The van der Waals surface area contributed by atoms with Gasteiger partial charge >= 0.3 is 0 Å². The molecule has 8 heteroatoms. The van der Waals surface area contributed by atoms with E-state index in [0.717, 1.165) is 21.8 Å². The van der Waals surface area contributed by atoms with Gasteiger partial charge in [0.15, 0.2) is 0 Å². The van der Waals surface area contributed by atoms with Crippen LogP contribution in [0, 0.1) is 19.3 Å². The monoisotopic (exact) mass is 439 g/mol. The molecule has 1 amide bonds. The lowest BCUT2D eigenvalue weighted by Crippen LogP contribution is -2.27. The summed E-state index contributed by atoms with van der Waals surface area (Å²) in [6.07, 6.45) is 5.75. The van der Waals surface area contributed by atoms with E-state index in [-0.39, 0.29) is 22.9 Å². The first kappa shape index (κ1) is 21.7. The Labute approximate surface area is 180 Å². The van der Waals surface area contributed by atoms with E-state index in [0.29, 0.717) is 13.0 Å². The number of rotatable bonds is 8. The van der Waals surface area contributed by atoms with Crippen molar-refractivity contribution < 1.29 is 13.2 Å². The minimum absolute atomic E-state index is 0.00161. The molecule has 2 N–H and O–H groups in total. The van der Waals surface area contributed by atoms with Crippen LogP contribution in [0.2, 0.25) is 0 Å². The number of sulfonamides is 1. The van der Waals surface area contributed by atoms with Gasteiger partial charge in [0, 0.05) is 23.1 Å². The van der Waals surface area contributed by atoms with Crippen LogP contribution in [0.25, 0.3) is 11.3 Å².